The van der Waals surface area contributed by atoms with Gasteiger partial charge in [-0.15, -0.1) is 0 Å². The van der Waals surface area contributed by atoms with Gasteiger partial charge in [-0.3, -0.25) is 4.79 Å². The summed E-state index contributed by atoms with van der Waals surface area (Å²) in [4.78, 5) is 12.5. The van der Waals surface area contributed by atoms with Gasteiger partial charge in [0.1, 0.15) is 0 Å². The van der Waals surface area contributed by atoms with Gasteiger partial charge >= 0.3 is 0 Å². The molecule has 2 aliphatic rings. The quantitative estimate of drug-likeness (QED) is 0.758. The molecule has 0 spiro atoms. The van der Waals surface area contributed by atoms with Crippen LogP contribution in [0.2, 0.25) is 0 Å². The number of nitrogens with one attached hydrogen (secondary N) is 1. The third-order valence-corrected chi connectivity index (χ3v) is 8.26. The minimum absolute atomic E-state index is 0.0171. The minimum Gasteiger partial charge on any atom is -0.336 e. The molecule has 0 unspecified atom stereocenters. The Bertz CT molecular complexity index is 748. The monoisotopic (exact) mass is 408 g/mol. The molecule has 1 aromatic rings. The largest absolute Gasteiger partial charge is 0.336 e. The topological polar surface area (TPSA) is 83.1 Å². The molecule has 0 aromatic heterocycles. The highest BCUT2D eigenvalue weighted by Crippen LogP contribution is 2.29. The van der Waals surface area contributed by atoms with Crippen molar-refractivity contribution in [2.24, 2.45) is 0 Å². The first-order chi connectivity index (χ1) is 13.4. The molecule has 0 radical (unpaired) electrons. The van der Waals surface area contributed by atoms with Gasteiger partial charge in [0.15, 0.2) is 6.54 Å². The van der Waals surface area contributed by atoms with Crippen LogP contribution in [0, 0.1) is 0 Å². The van der Waals surface area contributed by atoms with E-state index in [1.54, 1.807) is 28.6 Å². The van der Waals surface area contributed by atoms with Gasteiger partial charge in [0, 0.05) is 17.8 Å². The van der Waals surface area contributed by atoms with Gasteiger partial charge in [-0.05, 0) is 76.6 Å². The summed E-state index contributed by atoms with van der Waals surface area (Å²) in [7, 11) is -3.52. The molecule has 1 amide bonds. The van der Waals surface area contributed by atoms with Crippen molar-refractivity contribution in [3.63, 3.8) is 0 Å². The molecule has 6 nitrogen and oxygen atoms in total. The van der Waals surface area contributed by atoms with E-state index in [9.17, 15) is 13.2 Å². The van der Waals surface area contributed by atoms with Crippen molar-refractivity contribution in [2.45, 2.75) is 88.2 Å². The van der Waals surface area contributed by atoms with Crippen LogP contribution < -0.4 is 10.6 Å². The molecule has 0 bridgehead atoms. The van der Waals surface area contributed by atoms with E-state index in [0.29, 0.717) is 23.2 Å². The van der Waals surface area contributed by atoms with E-state index in [1.165, 1.54) is 32.1 Å². The van der Waals surface area contributed by atoms with Crippen LogP contribution >= 0.6 is 0 Å². The second-order valence-electron chi connectivity index (χ2n) is 8.37. The molecule has 1 saturated carbocycles. The Morgan fingerprint density at radius 1 is 1.00 bits per heavy atom. The van der Waals surface area contributed by atoms with Crippen molar-refractivity contribution in [3.8, 4) is 0 Å². The molecule has 1 aromatic carbocycles. The number of hydrogen-bond acceptors (Lipinski definition) is 3. The smallest absolute Gasteiger partial charge is 0.279 e. The van der Waals surface area contributed by atoms with E-state index >= 15 is 0 Å². The highest BCUT2D eigenvalue weighted by Gasteiger charge is 2.35. The zero-order valence-electron chi connectivity index (χ0n) is 17.1. The molecule has 7 heteroatoms. The number of hydrogen-bond donors (Lipinski definition) is 2. The van der Waals surface area contributed by atoms with Gasteiger partial charge in [-0.2, -0.15) is 4.31 Å². The van der Waals surface area contributed by atoms with E-state index < -0.39 is 10.0 Å². The Balaban J connectivity index is 1.58. The highest BCUT2D eigenvalue weighted by molar-refractivity contribution is 7.89. The van der Waals surface area contributed by atoms with Crippen molar-refractivity contribution in [1.29, 1.82) is 0 Å². The zero-order chi connectivity index (χ0) is 20.1. The van der Waals surface area contributed by atoms with Gasteiger partial charge in [0.25, 0.3) is 5.91 Å². The predicted octanol–water partition coefficient (Wildman–Crippen LogP) is 2.47. The average molecular weight is 409 g/mol. The Morgan fingerprint density at radius 3 is 2.21 bits per heavy atom. The summed E-state index contributed by atoms with van der Waals surface area (Å²) in [5.74, 6) is -0.0422. The lowest BCUT2D eigenvalue weighted by Crippen LogP contribution is -2.91. The van der Waals surface area contributed by atoms with Crippen LogP contribution in [-0.4, -0.2) is 43.3 Å². The molecule has 1 saturated heterocycles. The molecular weight excluding hydrogens is 374 g/mol. The van der Waals surface area contributed by atoms with E-state index in [-0.39, 0.29) is 18.0 Å². The molecule has 1 aliphatic carbocycles. The van der Waals surface area contributed by atoms with Crippen molar-refractivity contribution >= 4 is 21.6 Å². The molecule has 1 heterocycles. The molecule has 156 valence electrons. The number of rotatable bonds is 6. The van der Waals surface area contributed by atoms with Crippen LogP contribution in [0.25, 0.3) is 0 Å². The molecule has 3 N–H and O–H groups in total. The molecule has 2 fully saturated rings. The molecule has 2 atom stereocenters. The van der Waals surface area contributed by atoms with Crippen LogP contribution in [0.1, 0.15) is 65.2 Å². The SMILES string of the molecule is C[C@H]1CCC[C@H](C)N1S(=O)(=O)c1ccc(NC(=O)C[NH2+]C2CCCCC2)cc1. The number of carbonyl (C=O) groups excluding carboxylic acids is 1. The number of piperidine rings is 1. The molecule has 3 rings (SSSR count). The Kier molecular flexibility index (Phi) is 7.12. The third kappa shape index (κ3) is 5.13. The maximum atomic E-state index is 13.1. The Morgan fingerprint density at radius 2 is 1.61 bits per heavy atom. The normalized spacial score (nSPS) is 24.8. The fourth-order valence-electron chi connectivity index (χ4n) is 4.56. The lowest BCUT2D eigenvalue weighted by Gasteiger charge is -2.37. The number of quaternary nitrogens is 1. The lowest BCUT2D eigenvalue weighted by molar-refractivity contribution is -0.681. The molecule has 1 aliphatic heterocycles. The van der Waals surface area contributed by atoms with Crippen LogP contribution in [0.4, 0.5) is 5.69 Å². The van der Waals surface area contributed by atoms with Crippen LogP contribution in [0.5, 0.6) is 0 Å². The van der Waals surface area contributed by atoms with E-state index in [0.717, 1.165) is 19.3 Å². The van der Waals surface area contributed by atoms with Crippen LogP contribution in [0.15, 0.2) is 29.2 Å². The Hall–Kier alpha value is -1.44. The van der Waals surface area contributed by atoms with Crippen molar-refractivity contribution < 1.29 is 18.5 Å². The third-order valence-electron chi connectivity index (χ3n) is 6.11. The minimum atomic E-state index is -3.52. The van der Waals surface area contributed by atoms with Gasteiger partial charge < -0.3 is 10.6 Å². The van der Waals surface area contributed by atoms with E-state index in [1.807, 2.05) is 13.8 Å². The van der Waals surface area contributed by atoms with Gasteiger partial charge in [0.05, 0.1) is 10.9 Å². The number of benzene rings is 1. The van der Waals surface area contributed by atoms with Crippen molar-refractivity contribution in [2.75, 3.05) is 11.9 Å². The molecular formula is C21H34N3O3S+. The summed E-state index contributed by atoms with van der Waals surface area (Å²) < 4.78 is 27.7. The fraction of sp³-hybridized carbons (Fsp3) is 0.667. The summed E-state index contributed by atoms with van der Waals surface area (Å²) >= 11 is 0. The average Bonchev–Trinajstić information content (AvgIpc) is 2.67. The van der Waals surface area contributed by atoms with E-state index in [4.69, 9.17) is 0 Å². The predicted molar refractivity (Wildman–Crippen MR) is 111 cm³/mol. The molecule has 28 heavy (non-hydrogen) atoms. The zero-order valence-corrected chi connectivity index (χ0v) is 17.9. The van der Waals surface area contributed by atoms with Crippen molar-refractivity contribution in [3.05, 3.63) is 24.3 Å². The summed E-state index contributed by atoms with van der Waals surface area (Å²) in [6.07, 6.45) is 9.06. The maximum Gasteiger partial charge on any atom is 0.279 e. The first kappa shape index (κ1) is 21.3. The summed E-state index contributed by atoms with van der Waals surface area (Å²) in [6, 6.07) is 7.16. The second kappa shape index (κ2) is 9.37. The summed E-state index contributed by atoms with van der Waals surface area (Å²) in [5.41, 5.74) is 0.640. The number of anilines is 1. The number of nitrogens with two attached hydrogens (primary N) is 1. The maximum absolute atomic E-state index is 13.1. The number of sulfonamides is 1. The Labute approximate surface area is 169 Å². The highest BCUT2D eigenvalue weighted by atomic mass is 32.2. The first-order valence-electron chi connectivity index (χ1n) is 10.6. The van der Waals surface area contributed by atoms with Crippen molar-refractivity contribution in [1.82, 2.24) is 4.31 Å². The van der Waals surface area contributed by atoms with Gasteiger partial charge in [0.2, 0.25) is 10.0 Å². The van der Waals surface area contributed by atoms with Crippen LogP contribution in [0.3, 0.4) is 0 Å². The number of amides is 1. The first-order valence-corrected chi connectivity index (χ1v) is 12.1. The number of carbonyl (C=O) groups is 1. The summed E-state index contributed by atoms with van der Waals surface area (Å²) in [5, 5.41) is 5.01. The van der Waals surface area contributed by atoms with Crippen LogP contribution in [-0.2, 0) is 14.8 Å². The lowest BCUT2D eigenvalue weighted by atomic mass is 9.95. The fourth-order valence-corrected chi connectivity index (χ4v) is 6.44. The van der Waals surface area contributed by atoms with Gasteiger partial charge in [-0.1, -0.05) is 12.8 Å². The van der Waals surface area contributed by atoms with Gasteiger partial charge in [-0.25, -0.2) is 8.42 Å². The number of nitrogens with zero attached hydrogens (tertiary/aromatic N) is 1. The van der Waals surface area contributed by atoms with E-state index in [2.05, 4.69) is 10.6 Å². The summed E-state index contributed by atoms with van der Waals surface area (Å²) in [6.45, 7) is 4.36. The second-order valence-corrected chi connectivity index (χ2v) is 10.2. The standard InChI is InChI=1S/C21H33N3O3S/c1-16-7-6-8-17(2)24(16)28(26,27)20-13-11-19(12-14-20)23-21(25)15-22-18-9-4-3-5-10-18/h11-14,16-18,22H,3-10,15H2,1-2H3,(H,23,25)/p+1/t16-,17-/m0/s1.